The van der Waals surface area contributed by atoms with Crippen LogP contribution in [0.3, 0.4) is 0 Å². The van der Waals surface area contributed by atoms with Crippen LogP contribution in [0, 0.1) is 0 Å². The number of hydrogen-bond acceptors (Lipinski definition) is 5. The molecule has 1 saturated carbocycles. The molecule has 7 nitrogen and oxygen atoms in total. The summed E-state index contributed by atoms with van der Waals surface area (Å²) in [5.41, 5.74) is 0.620. The van der Waals surface area contributed by atoms with Gasteiger partial charge in [-0.05, 0) is 49.2 Å². The molecule has 29 heavy (non-hydrogen) atoms. The maximum atomic E-state index is 12.4. The minimum atomic E-state index is -3.76. The van der Waals surface area contributed by atoms with Gasteiger partial charge in [0, 0.05) is 11.7 Å². The molecule has 0 unspecified atom stereocenters. The summed E-state index contributed by atoms with van der Waals surface area (Å²) in [6.07, 6.45) is 5.28. The zero-order valence-electron chi connectivity index (χ0n) is 16.0. The van der Waals surface area contributed by atoms with Crippen LogP contribution in [0.4, 0.5) is 5.69 Å². The number of hydrogen-bond donors (Lipinski definition) is 2. The molecule has 8 heteroatoms. The number of nitrogens with one attached hydrogen (secondary N) is 2. The molecule has 0 heterocycles. The van der Waals surface area contributed by atoms with Crippen LogP contribution in [0.25, 0.3) is 0 Å². The van der Waals surface area contributed by atoms with Crippen molar-refractivity contribution in [1.29, 1.82) is 0 Å². The van der Waals surface area contributed by atoms with Gasteiger partial charge in [-0.3, -0.25) is 9.52 Å². The Morgan fingerprint density at radius 3 is 2.24 bits per heavy atom. The number of esters is 1. The third-order valence-electron chi connectivity index (χ3n) is 4.73. The monoisotopic (exact) mass is 416 g/mol. The molecule has 0 saturated heterocycles. The molecule has 2 aromatic carbocycles. The third kappa shape index (κ3) is 6.05. The van der Waals surface area contributed by atoms with Gasteiger partial charge in [0.25, 0.3) is 15.9 Å². The Bertz CT molecular complexity index is 937. The van der Waals surface area contributed by atoms with Crippen molar-refractivity contribution in [3.63, 3.8) is 0 Å². The van der Waals surface area contributed by atoms with Gasteiger partial charge in [0.1, 0.15) is 0 Å². The predicted molar refractivity (Wildman–Crippen MR) is 109 cm³/mol. The topological polar surface area (TPSA) is 102 Å². The minimum absolute atomic E-state index is 0.0212. The maximum absolute atomic E-state index is 12.4. The first-order valence-electron chi connectivity index (χ1n) is 9.58. The standard InChI is InChI=1S/C21H24N2O5S/c24-20(22-17-7-3-1-4-8-17)15-28-21(25)16-11-13-19(14-12-16)29(26,27)23-18-9-5-2-6-10-18/h2,5-6,9-14,17,23H,1,3-4,7-8,15H2,(H,22,24). The number of ether oxygens (including phenoxy) is 1. The second-order valence-electron chi connectivity index (χ2n) is 6.97. The highest BCUT2D eigenvalue weighted by atomic mass is 32.2. The van der Waals surface area contributed by atoms with Gasteiger partial charge in [0.05, 0.1) is 10.5 Å². The Morgan fingerprint density at radius 2 is 1.59 bits per heavy atom. The van der Waals surface area contributed by atoms with Gasteiger partial charge in [-0.2, -0.15) is 0 Å². The van der Waals surface area contributed by atoms with Crippen molar-refractivity contribution in [3.8, 4) is 0 Å². The zero-order chi connectivity index (χ0) is 20.7. The highest BCUT2D eigenvalue weighted by Gasteiger charge is 2.18. The number of para-hydroxylation sites is 1. The SMILES string of the molecule is O=C(COC(=O)c1ccc(S(=O)(=O)Nc2ccccc2)cc1)NC1CCCCC1. The number of sulfonamides is 1. The summed E-state index contributed by atoms with van der Waals surface area (Å²) < 4.78 is 32.3. The second kappa shape index (κ2) is 9.56. The molecule has 0 radical (unpaired) electrons. The van der Waals surface area contributed by atoms with E-state index in [0.29, 0.717) is 5.69 Å². The molecule has 0 aromatic heterocycles. The van der Waals surface area contributed by atoms with Crippen molar-refractivity contribution in [3.05, 3.63) is 60.2 Å². The van der Waals surface area contributed by atoms with Crippen LogP contribution in [0.2, 0.25) is 0 Å². The summed E-state index contributed by atoms with van der Waals surface area (Å²) in [6, 6.07) is 14.0. The first-order chi connectivity index (χ1) is 13.9. The average molecular weight is 416 g/mol. The number of rotatable bonds is 7. The van der Waals surface area contributed by atoms with Gasteiger partial charge in [0.2, 0.25) is 0 Å². The van der Waals surface area contributed by atoms with Crippen molar-refractivity contribution < 1.29 is 22.7 Å². The summed E-state index contributed by atoms with van der Waals surface area (Å²) in [5, 5.41) is 2.87. The van der Waals surface area contributed by atoms with E-state index in [1.165, 1.54) is 30.7 Å². The van der Waals surface area contributed by atoms with Crippen molar-refractivity contribution in [1.82, 2.24) is 5.32 Å². The Balaban J connectivity index is 1.53. The minimum Gasteiger partial charge on any atom is -0.452 e. The lowest BCUT2D eigenvalue weighted by molar-refractivity contribution is -0.125. The highest BCUT2D eigenvalue weighted by molar-refractivity contribution is 7.92. The normalized spacial score (nSPS) is 14.8. The van der Waals surface area contributed by atoms with Gasteiger partial charge in [-0.1, -0.05) is 37.5 Å². The Kier molecular flexibility index (Phi) is 6.87. The maximum Gasteiger partial charge on any atom is 0.338 e. The van der Waals surface area contributed by atoms with Crippen molar-refractivity contribution in [2.24, 2.45) is 0 Å². The van der Waals surface area contributed by atoms with Crippen molar-refractivity contribution in [2.45, 2.75) is 43.0 Å². The fraction of sp³-hybridized carbons (Fsp3) is 0.333. The van der Waals surface area contributed by atoms with Crippen LogP contribution in [0.5, 0.6) is 0 Å². The van der Waals surface area contributed by atoms with Gasteiger partial charge >= 0.3 is 5.97 Å². The molecule has 0 spiro atoms. The van der Waals surface area contributed by atoms with E-state index in [2.05, 4.69) is 10.0 Å². The van der Waals surface area contributed by atoms with Crippen molar-refractivity contribution in [2.75, 3.05) is 11.3 Å². The number of amides is 1. The molecule has 2 aromatic rings. The largest absolute Gasteiger partial charge is 0.452 e. The fourth-order valence-corrected chi connectivity index (χ4v) is 4.28. The Morgan fingerprint density at radius 1 is 0.931 bits per heavy atom. The molecular weight excluding hydrogens is 392 g/mol. The lowest BCUT2D eigenvalue weighted by Crippen LogP contribution is -2.38. The van der Waals surface area contributed by atoms with Crippen LogP contribution < -0.4 is 10.0 Å². The average Bonchev–Trinajstić information content (AvgIpc) is 2.73. The van der Waals surface area contributed by atoms with E-state index in [1.54, 1.807) is 30.3 Å². The van der Waals surface area contributed by atoms with Crippen LogP contribution >= 0.6 is 0 Å². The van der Waals surface area contributed by atoms with Gasteiger partial charge in [-0.25, -0.2) is 13.2 Å². The molecule has 1 amide bonds. The summed E-state index contributed by atoms with van der Waals surface area (Å²) in [5.74, 6) is -1.000. The van der Waals surface area contributed by atoms with Crippen LogP contribution in [-0.4, -0.2) is 32.9 Å². The summed E-state index contributed by atoms with van der Waals surface area (Å²) in [4.78, 5) is 24.1. The number of benzene rings is 2. The van der Waals surface area contributed by atoms with Gasteiger partial charge in [-0.15, -0.1) is 0 Å². The highest BCUT2D eigenvalue weighted by Crippen LogP contribution is 2.18. The van der Waals surface area contributed by atoms with Crippen LogP contribution in [0.15, 0.2) is 59.5 Å². The molecule has 2 N–H and O–H groups in total. The molecular formula is C21H24N2O5S. The van der Waals surface area contributed by atoms with E-state index in [9.17, 15) is 18.0 Å². The Labute approximate surface area is 170 Å². The summed E-state index contributed by atoms with van der Waals surface area (Å²) in [6.45, 7) is -0.356. The molecule has 0 bridgehead atoms. The van der Waals surface area contributed by atoms with E-state index in [4.69, 9.17) is 4.74 Å². The second-order valence-corrected chi connectivity index (χ2v) is 8.66. The molecule has 1 fully saturated rings. The molecule has 154 valence electrons. The quantitative estimate of drug-likeness (QED) is 0.676. The lowest BCUT2D eigenvalue weighted by atomic mass is 9.95. The molecule has 0 atom stereocenters. The molecule has 0 aliphatic heterocycles. The van der Waals surface area contributed by atoms with Crippen LogP contribution in [0.1, 0.15) is 42.5 Å². The first kappa shape index (κ1) is 20.9. The molecule has 3 rings (SSSR count). The fourth-order valence-electron chi connectivity index (χ4n) is 3.22. The zero-order valence-corrected chi connectivity index (χ0v) is 16.8. The van der Waals surface area contributed by atoms with Crippen LogP contribution in [-0.2, 0) is 19.6 Å². The molecule has 1 aliphatic rings. The number of anilines is 1. The van der Waals surface area contributed by atoms with Crippen molar-refractivity contribution >= 4 is 27.6 Å². The summed E-state index contributed by atoms with van der Waals surface area (Å²) >= 11 is 0. The molecule has 1 aliphatic carbocycles. The number of carbonyl (C=O) groups is 2. The number of carbonyl (C=O) groups excluding carboxylic acids is 2. The smallest absolute Gasteiger partial charge is 0.338 e. The Hall–Kier alpha value is -2.87. The van der Waals surface area contributed by atoms with E-state index in [-0.39, 0.29) is 29.0 Å². The summed E-state index contributed by atoms with van der Waals surface area (Å²) in [7, 11) is -3.76. The van der Waals surface area contributed by atoms with E-state index < -0.39 is 16.0 Å². The van der Waals surface area contributed by atoms with E-state index >= 15 is 0 Å². The van der Waals surface area contributed by atoms with E-state index in [1.807, 2.05) is 0 Å². The van der Waals surface area contributed by atoms with Gasteiger partial charge < -0.3 is 10.1 Å². The third-order valence-corrected chi connectivity index (χ3v) is 6.13. The predicted octanol–water partition coefficient (Wildman–Crippen LogP) is 3.09. The first-order valence-corrected chi connectivity index (χ1v) is 11.1. The van der Waals surface area contributed by atoms with E-state index in [0.717, 1.165) is 25.7 Å². The van der Waals surface area contributed by atoms with Gasteiger partial charge in [0.15, 0.2) is 6.61 Å². The lowest BCUT2D eigenvalue weighted by Gasteiger charge is -2.22.